The highest BCUT2D eigenvalue weighted by atomic mass is 16.2. The van der Waals surface area contributed by atoms with E-state index >= 15 is 0 Å². The molecule has 1 nitrogen and oxygen atoms in total. The van der Waals surface area contributed by atoms with Crippen LogP contribution >= 0.6 is 0 Å². The summed E-state index contributed by atoms with van der Waals surface area (Å²) in [4.78, 5) is 0. The SMILES string of the molecule is CC(=C\C=C(c1ccccc1)c1ccccc1)/C(C)=C/CO. The quantitative estimate of drug-likeness (QED) is 0.768. The summed E-state index contributed by atoms with van der Waals surface area (Å²) in [6.07, 6.45) is 6.08. The number of rotatable bonds is 5. The number of allylic oxidation sites excluding steroid dienone is 4. The highest BCUT2D eigenvalue weighted by Crippen LogP contribution is 2.24. The Balaban J connectivity index is 2.44. The van der Waals surface area contributed by atoms with Gasteiger partial charge in [0.25, 0.3) is 0 Å². The molecular weight excluding hydrogens is 268 g/mol. The molecule has 1 N–H and O–H groups in total. The van der Waals surface area contributed by atoms with E-state index in [9.17, 15) is 0 Å². The van der Waals surface area contributed by atoms with E-state index in [4.69, 9.17) is 5.11 Å². The van der Waals surface area contributed by atoms with Crippen LogP contribution in [0.15, 0.2) is 90.0 Å². The Morgan fingerprint density at radius 3 is 1.73 bits per heavy atom. The standard InChI is InChI=1S/C21H22O/c1-17(18(2)15-16-22)13-14-21(19-9-5-3-6-10-19)20-11-7-4-8-12-20/h3-15,22H,16H2,1-2H3/b17-13+,18-15+. The van der Waals surface area contributed by atoms with Crippen LogP contribution in [-0.2, 0) is 0 Å². The summed E-state index contributed by atoms with van der Waals surface area (Å²) in [5.41, 5.74) is 5.83. The molecule has 1 heteroatoms. The normalized spacial score (nSPS) is 12.1. The predicted octanol–water partition coefficient (Wildman–Crippen LogP) is 5.00. The maximum atomic E-state index is 9.00. The van der Waals surface area contributed by atoms with E-state index in [1.165, 1.54) is 16.7 Å². The topological polar surface area (TPSA) is 20.2 Å². The maximum Gasteiger partial charge on any atom is 0.0618 e. The van der Waals surface area contributed by atoms with Crippen LogP contribution in [0.2, 0.25) is 0 Å². The molecule has 0 unspecified atom stereocenters. The van der Waals surface area contributed by atoms with E-state index in [0.29, 0.717) is 0 Å². The highest BCUT2D eigenvalue weighted by molar-refractivity contribution is 5.80. The van der Waals surface area contributed by atoms with Gasteiger partial charge in [-0.2, -0.15) is 0 Å². The summed E-state index contributed by atoms with van der Waals surface area (Å²) in [5, 5.41) is 9.00. The first-order valence-electron chi connectivity index (χ1n) is 7.50. The van der Waals surface area contributed by atoms with Crippen molar-refractivity contribution in [3.63, 3.8) is 0 Å². The van der Waals surface area contributed by atoms with Crippen LogP contribution in [0, 0.1) is 0 Å². The second-order valence-corrected chi connectivity index (χ2v) is 5.23. The third-order valence-corrected chi connectivity index (χ3v) is 3.69. The molecule has 0 heterocycles. The Labute approximate surface area is 132 Å². The van der Waals surface area contributed by atoms with E-state index in [0.717, 1.165) is 11.1 Å². The zero-order valence-electron chi connectivity index (χ0n) is 13.2. The van der Waals surface area contributed by atoms with Crippen LogP contribution in [0.3, 0.4) is 0 Å². The van der Waals surface area contributed by atoms with Gasteiger partial charge in [-0.3, -0.25) is 0 Å². The fourth-order valence-corrected chi connectivity index (χ4v) is 2.23. The van der Waals surface area contributed by atoms with Gasteiger partial charge in [0.2, 0.25) is 0 Å². The van der Waals surface area contributed by atoms with Crippen molar-refractivity contribution in [1.29, 1.82) is 0 Å². The van der Waals surface area contributed by atoms with E-state index < -0.39 is 0 Å². The van der Waals surface area contributed by atoms with Crippen LogP contribution in [0.4, 0.5) is 0 Å². The Bertz CT molecular complexity index is 635. The van der Waals surface area contributed by atoms with Crippen molar-refractivity contribution in [1.82, 2.24) is 0 Å². The van der Waals surface area contributed by atoms with Crippen molar-refractivity contribution in [3.8, 4) is 0 Å². The van der Waals surface area contributed by atoms with Gasteiger partial charge in [0.05, 0.1) is 6.61 Å². The zero-order valence-corrected chi connectivity index (χ0v) is 13.2. The molecule has 0 atom stereocenters. The van der Waals surface area contributed by atoms with Crippen LogP contribution in [-0.4, -0.2) is 11.7 Å². The Morgan fingerprint density at radius 2 is 1.27 bits per heavy atom. The third-order valence-electron chi connectivity index (χ3n) is 3.69. The summed E-state index contributed by atoms with van der Waals surface area (Å²) in [5.74, 6) is 0. The number of aliphatic hydroxyl groups excluding tert-OH is 1. The molecule has 0 aromatic heterocycles. The van der Waals surface area contributed by atoms with Crippen LogP contribution in [0.25, 0.3) is 5.57 Å². The zero-order chi connectivity index (χ0) is 15.8. The average Bonchev–Trinajstić information content (AvgIpc) is 2.57. The molecule has 2 aromatic rings. The van der Waals surface area contributed by atoms with Gasteiger partial charge >= 0.3 is 0 Å². The molecule has 0 amide bonds. The summed E-state index contributed by atoms with van der Waals surface area (Å²) >= 11 is 0. The van der Waals surface area contributed by atoms with Gasteiger partial charge in [0.15, 0.2) is 0 Å². The molecule has 2 rings (SSSR count). The fraction of sp³-hybridized carbons (Fsp3) is 0.143. The van der Waals surface area contributed by atoms with E-state index in [1.54, 1.807) is 0 Å². The van der Waals surface area contributed by atoms with Crippen LogP contribution in [0.5, 0.6) is 0 Å². The van der Waals surface area contributed by atoms with E-state index in [1.807, 2.05) is 25.1 Å². The van der Waals surface area contributed by atoms with Crippen LogP contribution < -0.4 is 0 Å². The van der Waals surface area contributed by atoms with E-state index in [2.05, 4.69) is 67.6 Å². The Morgan fingerprint density at radius 1 is 0.773 bits per heavy atom. The van der Waals surface area contributed by atoms with Gasteiger partial charge in [-0.05, 0) is 41.7 Å². The van der Waals surface area contributed by atoms with Crippen molar-refractivity contribution in [2.75, 3.05) is 6.61 Å². The minimum atomic E-state index is 0.0744. The van der Waals surface area contributed by atoms with Crippen molar-refractivity contribution in [2.24, 2.45) is 0 Å². The number of hydrogen-bond donors (Lipinski definition) is 1. The molecule has 0 spiro atoms. The Hall–Kier alpha value is -2.38. The van der Waals surface area contributed by atoms with Gasteiger partial charge in [-0.25, -0.2) is 0 Å². The first kappa shape index (κ1) is 16.0. The first-order valence-corrected chi connectivity index (χ1v) is 7.50. The van der Waals surface area contributed by atoms with Crippen LogP contribution in [0.1, 0.15) is 25.0 Å². The highest BCUT2D eigenvalue weighted by Gasteiger charge is 2.03. The number of aliphatic hydroxyl groups is 1. The Kier molecular flexibility index (Phi) is 5.93. The maximum absolute atomic E-state index is 9.00. The summed E-state index contributed by atoms with van der Waals surface area (Å²) in [6.45, 7) is 4.15. The molecule has 2 aromatic carbocycles. The van der Waals surface area contributed by atoms with Crippen molar-refractivity contribution in [3.05, 3.63) is 101 Å². The average molecular weight is 290 g/mol. The minimum Gasteiger partial charge on any atom is -0.392 e. The largest absolute Gasteiger partial charge is 0.392 e. The number of benzene rings is 2. The third kappa shape index (κ3) is 4.31. The molecule has 22 heavy (non-hydrogen) atoms. The molecule has 0 aliphatic carbocycles. The molecular formula is C21H22O. The number of hydrogen-bond acceptors (Lipinski definition) is 1. The second-order valence-electron chi connectivity index (χ2n) is 5.23. The lowest BCUT2D eigenvalue weighted by atomic mass is 9.96. The monoisotopic (exact) mass is 290 g/mol. The molecule has 0 fully saturated rings. The molecule has 0 saturated heterocycles. The van der Waals surface area contributed by atoms with Gasteiger partial charge in [-0.15, -0.1) is 0 Å². The van der Waals surface area contributed by atoms with Crippen molar-refractivity contribution < 1.29 is 5.11 Å². The van der Waals surface area contributed by atoms with Crippen molar-refractivity contribution in [2.45, 2.75) is 13.8 Å². The van der Waals surface area contributed by atoms with Gasteiger partial charge in [0, 0.05) is 0 Å². The summed E-state index contributed by atoms with van der Waals surface area (Å²) in [7, 11) is 0. The van der Waals surface area contributed by atoms with Gasteiger partial charge in [-0.1, -0.05) is 78.9 Å². The first-order chi connectivity index (χ1) is 10.7. The second kappa shape index (κ2) is 8.16. The van der Waals surface area contributed by atoms with Gasteiger partial charge in [0.1, 0.15) is 0 Å². The van der Waals surface area contributed by atoms with Crippen molar-refractivity contribution >= 4 is 5.57 Å². The predicted molar refractivity (Wildman–Crippen MR) is 94.6 cm³/mol. The fourth-order valence-electron chi connectivity index (χ4n) is 2.23. The molecule has 0 aliphatic rings. The lowest BCUT2D eigenvalue weighted by molar-refractivity contribution is 0.342. The smallest absolute Gasteiger partial charge is 0.0618 e. The molecule has 0 saturated carbocycles. The molecule has 0 radical (unpaired) electrons. The van der Waals surface area contributed by atoms with E-state index in [-0.39, 0.29) is 6.61 Å². The lowest BCUT2D eigenvalue weighted by Crippen LogP contribution is -1.88. The molecule has 112 valence electrons. The summed E-state index contributed by atoms with van der Waals surface area (Å²) in [6, 6.07) is 20.8. The molecule has 0 aliphatic heterocycles. The van der Waals surface area contributed by atoms with Gasteiger partial charge < -0.3 is 5.11 Å². The summed E-state index contributed by atoms with van der Waals surface area (Å²) < 4.78 is 0. The molecule has 0 bridgehead atoms. The lowest BCUT2D eigenvalue weighted by Gasteiger charge is -2.08. The minimum absolute atomic E-state index is 0.0744.